The van der Waals surface area contributed by atoms with Gasteiger partial charge in [0, 0.05) is 25.8 Å². The van der Waals surface area contributed by atoms with Crippen molar-refractivity contribution in [1.82, 2.24) is 30.6 Å². The Morgan fingerprint density at radius 3 is 2.73 bits per heavy atom. The third-order valence-corrected chi connectivity index (χ3v) is 4.78. The van der Waals surface area contributed by atoms with Crippen LogP contribution in [0.3, 0.4) is 0 Å². The molecule has 0 unspecified atom stereocenters. The van der Waals surface area contributed by atoms with E-state index in [2.05, 4.69) is 44.7 Å². The van der Waals surface area contributed by atoms with Crippen LogP contribution in [0.15, 0.2) is 24.5 Å². The van der Waals surface area contributed by atoms with Gasteiger partial charge in [-0.2, -0.15) is 0 Å². The molecule has 2 aromatic rings. The quantitative estimate of drug-likeness (QED) is 0.778. The second-order valence-electron chi connectivity index (χ2n) is 6.44. The molecule has 0 saturated carbocycles. The van der Waals surface area contributed by atoms with Crippen molar-refractivity contribution in [1.29, 1.82) is 0 Å². The molecule has 0 bridgehead atoms. The number of pyridine rings is 1. The van der Waals surface area contributed by atoms with Gasteiger partial charge in [-0.1, -0.05) is 11.3 Å². The topological polar surface area (TPSA) is 88.0 Å². The molecule has 0 radical (unpaired) electrons. The van der Waals surface area contributed by atoms with Crippen LogP contribution in [-0.2, 0) is 6.54 Å². The van der Waals surface area contributed by atoms with Gasteiger partial charge in [-0.05, 0) is 51.4 Å². The highest BCUT2D eigenvalue weighted by molar-refractivity contribution is 5.91. The molecule has 8 heteroatoms. The second-order valence-corrected chi connectivity index (χ2v) is 6.44. The molecule has 0 atom stereocenters. The average molecular weight is 357 g/mol. The molecule has 1 saturated heterocycles. The van der Waals surface area contributed by atoms with E-state index in [1.807, 2.05) is 16.8 Å². The summed E-state index contributed by atoms with van der Waals surface area (Å²) in [4.78, 5) is 19.0. The van der Waals surface area contributed by atoms with Crippen LogP contribution in [0.5, 0.6) is 0 Å². The lowest BCUT2D eigenvalue weighted by Crippen LogP contribution is -2.29. The van der Waals surface area contributed by atoms with Crippen LogP contribution in [-0.4, -0.2) is 52.1 Å². The van der Waals surface area contributed by atoms with Crippen LogP contribution in [0.2, 0.25) is 0 Å². The predicted molar refractivity (Wildman–Crippen MR) is 100 cm³/mol. The molecule has 1 aliphatic heterocycles. The molecule has 3 heterocycles. The summed E-state index contributed by atoms with van der Waals surface area (Å²) in [7, 11) is 0. The third kappa shape index (κ3) is 4.37. The van der Waals surface area contributed by atoms with E-state index in [-0.39, 0.29) is 5.91 Å². The van der Waals surface area contributed by atoms with Gasteiger partial charge in [-0.15, -0.1) is 5.10 Å². The van der Waals surface area contributed by atoms with Gasteiger partial charge >= 0.3 is 0 Å². The molecule has 1 fully saturated rings. The molecule has 1 amide bonds. The fourth-order valence-corrected chi connectivity index (χ4v) is 3.16. The number of piperidine rings is 1. The van der Waals surface area contributed by atoms with Gasteiger partial charge in [0.2, 0.25) is 0 Å². The van der Waals surface area contributed by atoms with Crippen molar-refractivity contribution < 1.29 is 4.79 Å². The zero-order valence-corrected chi connectivity index (χ0v) is 15.5. The summed E-state index contributed by atoms with van der Waals surface area (Å²) in [6.45, 7) is 8.43. The lowest BCUT2D eigenvalue weighted by atomic mass is 10.1. The van der Waals surface area contributed by atoms with E-state index in [0.717, 1.165) is 50.4 Å². The highest BCUT2D eigenvalue weighted by Gasteiger charge is 2.18. The Bertz CT molecular complexity index is 703. The van der Waals surface area contributed by atoms with Gasteiger partial charge in [0.1, 0.15) is 5.82 Å². The van der Waals surface area contributed by atoms with Crippen LogP contribution in [0, 0.1) is 0 Å². The fourth-order valence-electron chi connectivity index (χ4n) is 3.16. The Balaban J connectivity index is 1.54. The minimum atomic E-state index is -0.210. The maximum atomic E-state index is 12.3. The molecule has 0 spiro atoms. The second kappa shape index (κ2) is 8.75. The van der Waals surface area contributed by atoms with Crippen molar-refractivity contribution in [3.8, 4) is 0 Å². The molecular formula is C18H27N7O. The van der Waals surface area contributed by atoms with E-state index in [0.29, 0.717) is 18.3 Å². The summed E-state index contributed by atoms with van der Waals surface area (Å²) in [6, 6.07) is 4.30. The summed E-state index contributed by atoms with van der Waals surface area (Å²) in [5.74, 6) is 0.744. The predicted octanol–water partition coefficient (Wildman–Crippen LogP) is 1.37. The van der Waals surface area contributed by atoms with Gasteiger partial charge < -0.3 is 15.5 Å². The minimum absolute atomic E-state index is 0.210. The molecule has 140 valence electrons. The van der Waals surface area contributed by atoms with E-state index in [1.54, 1.807) is 12.4 Å². The number of nitrogens with one attached hydrogen (secondary N) is 2. The van der Waals surface area contributed by atoms with Gasteiger partial charge in [0.25, 0.3) is 5.91 Å². The molecule has 26 heavy (non-hydrogen) atoms. The van der Waals surface area contributed by atoms with E-state index < -0.39 is 0 Å². The molecule has 0 aliphatic carbocycles. The summed E-state index contributed by atoms with van der Waals surface area (Å²) in [6.07, 6.45) is 5.57. The van der Waals surface area contributed by atoms with E-state index in [1.165, 1.54) is 0 Å². The molecule has 2 aromatic heterocycles. The Morgan fingerprint density at radius 1 is 1.31 bits per heavy atom. The first-order valence-electron chi connectivity index (χ1n) is 9.31. The lowest BCUT2D eigenvalue weighted by molar-refractivity contribution is 0.0946. The maximum absolute atomic E-state index is 12.3. The number of carbonyl (C=O) groups is 1. The van der Waals surface area contributed by atoms with Crippen LogP contribution in [0.4, 0.5) is 5.82 Å². The zero-order chi connectivity index (χ0) is 18.4. The van der Waals surface area contributed by atoms with E-state index >= 15 is 0 Å². The van der Waals surface area contributed by atoms with Crippen LogP contribution >= 0.6 is 0 Å². The van der Waals surface area contributed by atoms with E-state index in [4.69, 9.17) is 0 Å². The van der Waals surface area contributed by atoms with Crippen LogP contribution in [0.1, 0.15) is 48.8 Å². The van der Waals surface area contributed by atoms with Gasteiger partial charge in [-0.25, -0.2) is 9.67 Å². The summed E-state index contributed by atoms with van der Waals surface area (Å²) in [5, 5.41) is 14.4. The fraction of sp³-hybridized carbons (Fsp3) is 0.556. The van der Waals surface area contributed by atoms with Crippen molar-refractivity contribution in [2.75, 3.05) is 31.1 Å². The summed E-state index contributed by atoms with van der Waals surface area (Å²) < 4.78 is 1.82. The largest absolute Gasteiger partial charge is 0.357 e. The molecule has 1 aliphatic rings. The van der Waals surface area contributed by atoms with Gasteiger partial charge in [0.05, 0.1) is 12.2 Å². The Kier molecular flexibility index (Phi) is 6.17. The first-order chi connectivity index (χ1) is 12.7. The first-order valence-corrected chi connectivity index (χ1v) is 9.31. The van der Waals surface area contributed by atoms with Crippen molar-refractivity contribution in [2.24, 2.45) is 0 Å². The summed E-state index contributed by atoms with van der Waals surface area (Å²) in [5.41, 5.74) is 1.32. The smallest absolute Gasteiger partial charge is 0.273 e. The third-order valence-electron chi connectivity index (χ3n) is 4.78. The average Bonchev–Trinajstić information content (AvgIpc) is 3.19. The normalized spacial score (nSPS) is 15.0. The lowest BCUT2D eigenvalue weighted by Gasteiger charge is -2.22. The zero-order valence-electron chi connectivity index (χ0n) is 15.5. The summed E-state index contributed by atoms with van der Waals surface area (Å²) >= 11 is 0. The molecule has 8 nitrogen and oxygen atoms in total. The highest BCUT2D eigenvalue weighted by Crippen LogP contribution is 2.17. The Labute approximate surface area is 154 Å². The van der Waals surface area contributed by atoms with Crippen molar-refractivity contribution in [2.45, 2.75) is 39.3 Å². The molecule has 3 rings (SSSR count). The minimum Gasteiger partial charge on any atom is -0.357 e. The number of nitrogens with zero attached hydrogens (tertiary/aromatic N) is 5. The first kappa shape index (κ1) is 18.3. The molecule has 0 aromatic carbocycles. The monoisotopic (exact) mass is 357 g/mol. The van der Waals surface area contributed by atoms with Crippen LogP contribution < -0.4 is 15.5 Å². The number of amides is 1. The number of aromatic nitrogens is 4. The number of anilines is 1. The van der Waals surface area contributed by atoms with Gasteiger partial charge in [0.15, 0.2) is 5.69 Å². The number of carbonyl (C=O) groups excluding carboxylic acids is 1. The molecular weight excluding hydrogens is 330 g/mol. The van der Waals surface area contributed by atoms with Crippen molar-refractivity contribution in [3.63, 3.8) is 0 Å². The van der Waals surface area contributed by atoms with Crippen molar-refractivity contribution >= 4 is 11.7 Å². The van der Waals surface area contributed by atoms with E-state index in [9.17, 15) is 4.79 Å². The maximum Gasteiger partial charge on any atom is 0.273 e. The van der Waals surface area contributed by atoms with Crippen molar-refractivity contribution in [3.05, 3.63) is 35.8 Å². The highest BCUT2D eigenvalue weighted by atomic mass is 16.2. The SMILES string of the molecule is CCN(CC)c1ccc(CNC(=O)c2cn(C3CCNCC3)nn2)cn1. The Hall–Kier alpha value is -2.48. The Morgan fingerprint density at radius 2 is 2.08 bits per heavy atom. The number of hydrogen-bond acceptors (Lipinski definition) is 6. The van der Waals surface area contributed by atoms with Gasteiger partial charge in [-0.3, -0.25) is 4.79 Å². The standard InChI is InChI=1S/C18H27N7O/c1-3-24(4-2)17-6-5-14(11-20-17)12-21-18(26)16-13-25(23-22-16)15-7-9-19-10-8-15/h5-6,11,13,15,19H,3-4,7-10,12H2,1-2H3,(H,21,26). The number of hydrogen-bond donors (Lipinski definition) is 2. The molecule has 2 N–H and O–H groups in total. The number of rotatable bonds is 7. The van der Waals surface area contributed by atoms with Crippen LogP contribution in [0.25, 0.3) is 0 Å².